The standard InChI is InChI=1S/2C18H21NO8.C18H23NO5/c1-9(2)16(14(21)4-5-15(22)23)19(10(3)20)13-7-11(17(24)25)6-12(8-13)18(26)27;1-9(2)16(14(21)6-7-15(22)23)19(10(3)20)11-4-5-12(17(24)25)13(8-11)18(26)27;1-11(2)17(16(22)10-5-12(3)20)19(13(4)21)15-8-6-14(7-9-15)18(23)24/h6-9,16H,4-5H2,1-3H3,(H,22,23)(H,24,25)(H,26,27);4-5,8-9,16H,6-7H2,1-3H3,(H,22,23)(H,24,25)(H,26,27);6-9,11,17H,5,10H2,1-4H3,(H,23,24). The SMILES string of the molecule is CC(=O)CCC(=O)C(C(C)C)N(C(C)=O)c1ccc(C(=O)O)cc1.CC(=O)N(c1cc(C(=O)O)cc(C(=O)O)c1)C(C(=O)CCC(=O)O)C(C)C.CC(=O)N(c1ccc(C(=O)O)c(C(=O)O)c1)C(C(=O)CCC(=O)O)C(C)C. The minimum atomic E-state index is -1.49. The molecule has 0 aliphatic carbocycles. The van der Waals surface area contributed by atoms with Gasteiger partial charge < -0.3 is 55.2 Å². The van der Waals surface area contributed by atoms with Crippen molar-refractivity contribution in [1.82, 2.24) is 0 Å². The van der Waals surface area contributed by atoms with E-state index in [1.807, 2.05) is 13.8 Å². The summed E-state index contributed by atoms with van der Waals surface area (Å²) in [6.07, 6.45) is -1.19. The van der Waals surface area contributed by atoms with E-state index in [4.69, 9.17) is 20.4 Å². The van der Waals surface area contributed by atoms with Crippen LogP contribution in [0, 0.1) is 17.8 Å². The normalized spacial score (nSPS) is 11.8. The number of nitrogens with zero attached hydrogens (tertiary/aromatic N) is 3. The smallest absolute Gasteiger partial charge is 0.336 e. The van der Waals surface area contributed by atoms with Gasteiger partial charge in [-0.3, -0.25) is 38.4 Å². The van der Waals surface area contributed by atoms with Crippen LogP contribution in [0.5, 0.6) is 0 Å². The molecule has 24 heteroatoms. The van der Waals surface area contributed by atoms with E-state index in [1.165, 1.54) is 56.0 Å². The Bertz CT molecular complexity index is 2760. The van der Waals surface area contributed by atoms with Gasteiger partial charge in [0.15, 0.2) is 17.3 Å². The van der Waals surface area contributed by atoms with E-state index >= 15 is 0 Å². The number of carbonyl (C=O) groups is 14. The van der Waals surface area contributed by atoms with E-state index < -0.39 is 113 Å². The second-order valence-corrected chi connectivity index (χ2v) is 18.7. The third-order valence-electron chi connectivity index (χ3n) is 11.5. The number of hydrogen-bond acceptors (Lipinski definition) is 14. The minimum Gasteiger partial charge on any atom is -0.481 e. The van der Waals surface area contributed by atoms with Crippen LogP contribution in [0.1, 0.15) is 160 Å². The number of Topliss-reactive ketones (excluding diaryl/α,β-unsaturated/α-hetero) is 4. The highest BCUT2D eigenvalue weighted by Gasteiger charge is 2.35. The van der Waals surface area contributed by atoms with E-state index in [1.54, 1.807) is 27.7 Å². The highest BCUT2D eigenvalue weighted by Crippen LogP contribution is 2.29. The second kappa shape index (κ2) is 30.6. The average Bonchev–Trinajstić information content (AvgIpc) is 3.33. The van der Waals surface area contributed by atoms with Gasteiger partial charge in [0.05, 0.1) is 58.8 Å². The topological polar surface area (TPSA) is 390 Å². The van der Waals surface area contributed by atoms with Crippen LogP contribution in [-0.2, 0) is 43.2 Å². The van der Waals surface area contributed by atoms with Crippen LogP contribution in [0.2, 0.25) is 0 Å². The number of ketones is 4. The Hall–Kier alpha value is -8.96. The Morgan fingerprint density at radius 3 is 0.962 bits per heavy atom. The molecule has 422 valence electrons. The van der Waals surface area contributed by atoms with Gasteiger partial charge in [-0.25, -0.2) is 24.0 Å². The largest absolute Gasteiger partial charge is 0.481 e. The van der Waals surface area contributed by atoms with Crippen LogP contribution in [0.4, 0.5) is 17.1 Å². The summed E-state index contributed by atoms with van der Waals surface area (Å²) >= 11 is 0. The Labute approximate surface area is 448 Å². The number of anilines is 3. The Balaban J connectivity index is 0.000000586. The lowest BCUT2D eigenvalue weighted by Crippen LogP contribution is -2.47. The van der Waals surface area contributed by atoms with Gasteiger partial charge in [0, 0.05) is 63.5 Å². The third kappa shape index (κ3) is 20.0. The van der Waals surface area contributed by atoms with Gasteiger partial charge in [-0.15, -0.1) is 0 Å². The van der Waals surface area contributed by atoms with Crippen molar-refractivity contribution in [2.24, 2.45) is 17.8 Å². The van der Waals surface area contributed by atoms with Gasteiger partial charge >= 0.3 is 41.8 Å². The van der Waals surface area contributed by atoms with Crippen LogP contribution in [0.3, 0.4) is 0 Å². The van der Waals surface area contributed by atoms with Gasteiger partial charge in [0.25, 0.3) is 0 Å². The van der Waals surface area contributed by atoms with Crippen molar-refractivity contribution in [3.8, 4) is 0 Å². The zero-order valence-electron chi connectivity index (χ0n) is 44.7. The number of carboxylic acid groups (broad SMARTS) is 7. The molecule has 0 heterocycles. The lowest BCUT2D eigenvalue weighted by molar-refractivity contribution is -0.139. The average molecular weight is 1090 g/mol. The first-order valence-electron chi connectivity index (χ1n) is 24.0. The van der Waals surface area contributed by atoms with E-state index in [-0.39, 0.29) is 83.1 Å². The number of aromatic carboxylic acids is 5. The number of rotatable bonds is 26. The molecule has 0 spiro atoms. The first-order valence-corrected chi connectivity index (χ1v) is 24.0. The van der Waals surface area contributed by atoms with E-state index in [0.717, 1.165) is 47.1 Å². The van der Waals surface area contributed by atoms with Gasteiger partial charge in [0.1, 0.15) is 5.78 Å². The second-order valence-electron chi connectivity index (χ2n) is 18.7. The van der Waals surface area contributed by atoms with Gasteiger partial charge in [-0.05, 0) is 85.3 Å². The molecule has 0 fully saturated rings. The molecular weight excluding hydrogens is 1030 g/mol. The molecule has 0 bridgehead atoms. The lowest BCUT2D eigenvalue weighted by Gasteiger charge is -2.33. The number of hydrogen-bond donors (Lipinski definition) is 7. The molecule has 24 nitrogen and oxygen atoms in total. The van der Waals surface area contributed by atoms with Gasteiger partial charge in [-0.1, -0.05) is 41.5 Å². The maximum absolute atomic E-state index is 12.6. The molecule has 3 rings (SSSR count). The molecule has 3 aromatic carbocycles. The number of aliphatic carboxylic acids is 2. The molecule has 0 saturated carbocycles. The predicted molar refractivity (Wildman–Crippen MR) is 278 cm³/mol. The summed E-state index contributed by atoms with van der Waals surface area (Å²) in [5.41, 5.74) is -1.11. The maximum atomic E-state index is 12.6. The number of amides is 3. The van der Waals surface area contributed by atoms with Crippen molar-refractivity contribution in [1.29, 1.82) is 0 Å². The third-order valence-corrected chi connectivity index (χ3v) is 11.5. The van der Waals surface area contributed by atoms with Crippen LogP contribution in [0.25, 0.3) is 0 Å². The first-order chi connectivity index (χ1) is 36.1. The molecule has 3 unspecified atom stereocenters. The fraction of sp³-hybridized carbons (Fsp3) is 0.407. The first kappa shape index (κ1) is 67.1. The van der Waals surface area contributed by atoms with Crippen molar-refractivity contribution >= 4 is 99.7 Å². The van der Waals surface area contributed by atoms with Gasteiger partial charge in [-0.2, -0.15) is 0 Å². The van der Waals surface area contributed by atoms with Crippen LogP contribution in [0.15, 0.2) is 60.7 Å². The molecule has 3 aromatic rings. The summed E-state index contributed by atoms with van der Waals surface area (Å²) in [5.74, 6) is -12.8. The van der Waals surface area contributed by atoms with Crippen molar-refractivity contribution < 1.29 is 103 Å². The zero-order chi connectivity index (χ0) is 60.2. The summed E-state index contributed by atoms with van der Waals surface area (Å²) in [6, 6.07) is 9.52. The van der Waals surface area contributed by atoms with Crippen LogP contribution < -0.4 is 14.7 Å². The molecular formula is C54H65N3O21. The van der Waals surface area contributed by atoms with E-state index in [9.17, 15) is 82.4 Å². The van der Waals surface area contributed by atoms with Crippen molar-refractivity contribution in [3.05, 3.63) is 88.5 Å². The zero-order valence-corrected chi connectivity index (χ0v) is 44.7. The molecule has 3 amide bonds. The monoisotopic (exact) mass is 1090 g/mol. The number of benzene rings is 3. The fourth-order valence-corrected chi connectivity index (χ4v) is 8.07. The van der Waals surface area contributed by atoms with Crippen LogP contribution >= 0.6 is 0 Å². The molecule has 0 aromatic heterocycles. The minimum absolute atomic E-state index is 0.0484. The highest BCUT2D eigenvalue weighted by molar-refractivity contribution is 6.07. The highest BCUT2D eigenvalue weighted by atomic mass is 16.4. The van der Waals surface area contributed by atoms with Crippen LogP contribution in [-0.4, -0.2) is 137 Å². The lowest BCUT2D eigenvalue weighted by atomic mass is 9.94. The summed E-state index contributed by atoms with van der Waals surface area (Å²) in [5, 5.41) is 63.3. The van der Waals surface area contributed by atoms with Crippen molar-refractivity contribution in [2.45, 2.75) is 126 Å². The summed E-state index contributed by atoms with van der Waals surface area (Å²) < 4.78 is 0. The Kier molecular flexibility index (Phi) is 26.3. The summed E-state index contributed by atoms with van der Waals surface area (Å²) in [6.45, 7) is 15.4. The van der Waals surface area contributed by atoms with E-state index in [2.05, 4.69) is 0 Å². The Morgan fingerprint density at radius 2 is 0.667 bits per heavy atom. The summed E-state index contributed by atoms with van der Waals surface area (Å²) in [7, 11) is 0. The summed E-state index contributed by atoms with van der Waals surface area (Å²) in [4.78, 5) is 166. The molecule has 7 N–H and O–H groups in total. The maximum Gasteiger partial charge on any atom is 0.336 e. The number of carboxylic acids is 7. The van der Waals surface area contributed by atoms with E-state index in [0.29, 0.717) is 5.69 Å². The Morgan fingerprint density at radius 1 is 0.346 bits per heavy atom. The van der Waals surface area contributed by atoms with Gasteiger partial charge in [0.2, 0.25) is 17.7 Å². The molecule has 3 atom stereocenters. The number of carbonyl (C=O) groups excluding carboxylic acids is 7. The quantitative estimate of drug-likeness (QED) is 0.0451. The van der Waals surface area contributed by atoms with Crippen molar-refractivity contribution in [3.63, 3.8) is 0 Å². The molecule has 0 radical (unpaired) electrons. The molecule has 0 saturated heterocycles. The molecule has 0 aliphatic rings. The fourth-order valence-electron chi connectivity index (χ4n) is 8.07. The molecule has 0 aliphatic heterocycles. The molecule has 78 heavy (non-hydrogen) atoms. The predicted octanol–water partition coefficient (Wildman–Crippen LogP) is 6.49. The van der Waals surface area contributed by atoms with Crippen molar-refractivity contribution in [2.75, 3.05) is 14.7 Å².